The molecule has 0 radical (unpaired) electrons. The van der Waals surface area contributed by atoms with Gasteiger partial charge in [0, 0.05) is 0 Å². The van der Waals surface area contributed by atoms with Gasteiger partial charge in [-0.2, -0.15) is 0 Å². The number of aliphatic imine (C=N–C) groups is 1. The summed E-state index contributed by atoms with van der Waals surface area (Å²) in [6, 6.07) is 0. The molecule has 2 heterocycles. The Morgan fingerprint density at radius 3 is 3.00 bits per heavy atom. The van der Waals surface area contributed by atoms with E-state index in [-0.39, 0.29) is 16.9 Å². The van der Waals surface area contributed by atoms with E-state index >= 15 is 0 Å². The highest BCUT2D eigenvalue weighted by molar-refractivity contribution is 8.17. The molecule has 0 saturated heterocycles. The van der Waals surface area contributed by atoms with E-state index in [0.717, 1.165) is 29.3 Å². The maximum absolute atomic E-state index is 12.1. The molecule has 1 unspecified atom stereocenters. The average Bonchev–Trinajstić information content (AvgIpc) is 2.64. The number of allylic oxidation sites excluding steroid dienone is 1. The van der Waals surface area contributed by atoms with Gasteiger partial charge in [0.2, 0.25) is 5.11 Å². The number of fused-ring (bicyclic) bond motifs is 2. The van der Waals surface area contributed by atoms with E-state index in [0.29, 0.717) is 0 Å². The van der Waals surface area contributed by atoms with Gasteiger partial charge in [-0.15, -0.1) is 0 Å². The van der Waals surface area contributed by atoms with Crippen LogP contribution in [0.2, 0.25) is 0 Å². The quantitative estimate of drug-likeness (QED) is 0.404. The molecule has 2 aliphatic heterocycles. The van der Waals surface area contributed by atoms with Crippen LogP contribution in [0.15, 0.2) is 15.5 Å². The van der Waals surface area contributed by atoms with E-state index in [1.54, 1.807) is 11.8 Å². The Morgan fingerprint density at radius 2 is 2.19 bits per heavy atom. The van der Waals surface area contributed by atoms with Gasteiger partial charge in [-0.1, -0.05) is 11.8 Å². The molecule has 0 spiro atoms. The summed E-state index contributed by atoms with van der Waals surface area (Å²) in [5.74, 6) is 5.26. The number of amides is 1. The maximum atomic E-state index is 12.1. The first kappa shape index (κ1) is 10.4. The number of carbonyl (C=O) groups excluding carboxylic acids is 1. The molecule has 0 aromatic carbocycles. The summed E-state index contributed by atoms with van der Waals surface area (Å²) >= 11 is 6.58. The van der Waals surface area contributed by atoms with Gasteiger partial charge in [0.1, 0.15) is 5.92 Å². The monoisotopic (exact) mass is 253 g/mol. The lowest BCUT2D eigenvalue weighted by molar-refractivity contribution is -0.128. The van der Waals surface area contributed by atoms with Crippen LogP contribution in [0.1, 0.15) is 25.7 Å². The van der Waals surface area contributed by atoms with E-state index in [2.05, 4.69) is 4.99 Å². The third kappa shape index (κ3) is 1.37. The third-order valence-corrected chi connectivity index (χ3v) is 4.71. The predicted octanol–water partition coefficient (Wildman–Crippen LogP) is 1.58. The summed E-state index contributed by atoms with van der Waals surface area (Å²) in [6.45, 7) is 0. The Labute approximate surface area is 103 Å². The standard InChI is InChI=1S/C10H11N3OS2/c11-13-9(14)7-5-3-1-2-4-6(5)16-8(7)12-10(13)15/h7H,1-4,11H2. The molecule has 0 bridgehead atoms. The number of thiocarbonyl (C=S) groups is 1. The lowest BCUT2D eigenvalue weighted by Crippen LogP contribution is -2.49. The predicted molar refractivity (Wildman–Crippen MR) is 67.6 cm³/mol. The molecule has 84 valence electrons. The van der Waals surface area contributed by atoms with Crippen molar-refractivity contribution in [3.63, 3.8) is 0 Å². The number of hydrogen-bond donors (Lipinski definition) is 1. The molecular weight excluding hydrogens is 242 g/mol. The van der Waals surface area contributed by atoms with Crippen LogP contribution in [-0.2, 0) is 4.79 Å². The lowest BCUT2D eigenvalue weighted by Gasteiger charge is -2.26. The van der Waals surface area contributed by atoms with Gasteiger partial charge >= 0.3 is 0 Å². The van der Waals surface area contributed by atoms with Crippen LogP contribution in [0, 0.1) is 5.92 Å². The molecule has 0 saturated carbocycles. The van der Waals surface area contributed by atoms with Gasteiger partial charge in [-0.05, 0) is 48.4 Å². The zero-order chi connectivity index (χ0) is 11.3. The van der Waals surface area contributed by atoms with Gasteiger partial charge in [-0.3, -0.25) is 4.79 Å². The van der Waals surface area contributed by atoms with Crippen molar-refractivity contribution < 1.29 is 4.79 Å². The normalized spacial score (nSPS) is 29.2. The van der Waals surface area contributed by atoms with Crippen molar-refractivity contribution in [2.45, 2.75) is 25.7 Å². The first-order chi connectivity index (χ1) is 7.68. The Balaban J connectivity index is 2.05. The number of nitrogens with two attached hydrogens (primary N) is 1. The van der Waals surface area contributed by atoms with Gasteiger partial charge in [0.15, 0.2) is 0 Å². The maximum Gasteiger partial charge on any atom is 0.257 e. The molecule has 1 aliphatic carbocycles. The fourth-order valence-electron chi connectivity index (χ4n) is 2.38. The fraction of sp³-hybridized carbons (Fsp3) is 0.500. The van der Waals surface area contributed by atoms with E-state index < -0.39 is 0 Å². The molecule has 3 aliphatic rings. The Kier molecular flexibility index (Phi) is 2.38. The third-order valence-electron chi connectivity index (χ3n) is 3.18. The molecule has 0 aromatic rings. The van der Waals surface area contributed by atoms with E-state index in [1.165, 1.54) is 16.9 Å². The number of rotatable bonds is 0. The van der Waals surface area contributed by atoms with Crippen molar-refractivity contribution in [2.24, 2.45) is 16.8 Å². The molecular formula is C10H11N3OS2. The topological polar surface area (TPSA) is 58.7 Å². The van der Waals surface area contributed by atoms with Crippen molar-refractivity contribution in [1.82, 2.24) is 5.01 Å². The Hall–Kier alpha value is -0.720. The summed E-state index contributed by atoms with van der Waals surface area (Å²) in [4.78, 5) is 17.6. The molecule has 6 heteroatoms. The molecule has 1 amide bonds. The molecule has 0 aromatic heterocycles. The van der Waals surface area contributed by atoms with Crippen LogP contribution in [0.25, 0.3) is 0 Å². The zero-order valence-electron chi connectivity index (χ0n) is 8.60. The second-order valence-electron chi connectivity index (χ2n) is 4.13. The number of nitrogens with zero attached hydrogens (tertiary/aromatic N) is 2. The number of hydrogen-bond acceptors (Lipinski definition) is 4. The van der Waals surface area contributed by atoms with Gasteiger partial charge < -0.3 is 0 Å². The largest absolute Gasteiger partial charge is 0.272 e. The van der Waals surface area contributed by atoms with Crippen molar-refractivity contribution in [1.29, 1.82) is 0 Å². The zero-order valence-corrected chi connectivity index (χ0v) is 10.2. The van der Waals surface area contributed by atoms with Crippen LogP contribution in [-0.4, -0.2) is 21.1 Å². The van der Waals surface area contributed by atoms with E-state index in [1.807, 2.05) is 0 Å². The molecule has 16 heavy (non-hydrogen) atoms. The highest BCUT2D eigenvalue weighted by atomic mass is 32.2. The second kappa shape index (κ2) is 3.65. The molecule has 1 atom stereocenters. The van der Waals surface area contributed by atoms with Gasteiger partial charge in [-0.25, -0.2) is 15.8 Å². The van der Waals surface area contributed by atoms with Gasteiger partial charge in [0.25, 0.3) is 5.91 Å². The average molecular weight is 253 g/mol. The smallest absolute Gasteiger partial charge is 0.257 e. The van der Waals surface area contributed by atoms with E-state index in [9.17, 15) is 4.79 Å². The summed E-state index contributed by atoms with van der Waals surface area (Å²) in [5, 5.41) is 2.03. The fourth-order valence-corrected chi connectivity index (χ4v) is 3.97. The van der Waals surface area contributed by atoms with Crippen LogP contribution < -0.4 is 5.84 Å². The van der Waals surface area contributed by atoms with Crippen molar-refractivity contribution in [2.75, 3.05) is 0 Å². The molecule has 2 N–H and O–H groups in total. The summed E-state index contributed by atoms with van der Waals surface area (Å²) in [5.41, 5.74) is 1.23. The van der Waals surface area contributed by atoms with Crippen LogP contribution in [0.5, 0.6) is 0 Å². The minimum atomic E-state index is -0.225. The molecule has 0 fully saturated rings. The number of carbonyl (C=O) groups is 1. The van der Waals surface area contributed by atoms with Crippen molar-refractivity contribution in [3.8, 4) is 0 Å². The van der Waals surface area contributed by atoms with Crippen LogP contribution >= 0.6 is 24.0 Å². The first-order valence-electron chi connectivity index (χ1n) is 5.29. The van der Waals surface area contributed by atoms with Crippen molar-refractivity contribution in [3.05, 3.63) is 10.5 Å². The second-order valence-corrected chi connectivity index (χ2v) is 5.61. The number of thioether (sulfide) groups is 1. The first-order valence-corrected chi connectivity index (χ1v) is 6.52. The van der Waals surface area contributed by atoms with Crippen LogP contribution in [0.4, 0.5) is 0 Å². The summed E-state index contributed by atoms with van der Waals surface area (Å²) in [6.07, 6.45) is 4.43. The lowest BCUT2D eigenvalue weighted by atomic mass is 9.89. The highest BCUT2D eigenvalue weighted by Gasteiger charge is 2.43. The van der Waals surface area contributed by atoms with E-state index in [4.69, 9.17) is 18.1 Å². The van der Waals surface area contributed by atoms with Crippen LogP contribution in [0.3, 0.4) is 0 Å². The Morgan fingerprint density at radius 1 is 1.44 bits per heavy atom. The minimum absolute atomic E-state index is 0.116. The van der Waals surface area contributed by atoms with Gasteiger partial charge in [0.05, 0.1) is 5.04 Å². The summed E-state index contributed by atoms with van der Waals surface area (Å²) in [7, 11) is 0. The number of hydrazine groups is 1. The summed E-state index contributed by atoms with van der Waals surface area (Å²) < 4.78 is 0. The Bertz CT molecular complexity index is 455. The SMILES string of the molecule is NN1C(=O)C2C(=NC1=S)SC1=C2CCCC1. The molecule has 4 nitrogen and oxygen atoms in total. The minimum Gasteiger partial charge on any atom is -0.272 e. The molecule has 3 rings (SSSR count). The highest BCUT2D eigenvalue weighted by Crippen LogP contribution is 2.47. The van der Waals surface area contributed by atoms with Crippen molar-refractivity contribution >= 4 is 40.0 Å².